The van der Waals surface area contributed by atoms with Crippen LogP contribution in [-0.2, 0) is 18.3 Å². The fourth-order valence-corrected chi connectivity index (χ4v) is 7.16. The van der Waals surface area contributed by atoms with Gasteiger partial charge in [0.25, 0.3) is 5.91 Å². The van der Waals surface area contributed by atoms with Crippen molar-refractivity contribution in [1.82, 2.24) is 20.0 Å². The van der Waals surface area contributed by atoms with Gasteiger partial charge in [0.1, 0.15) is 11.4 Å². The number of carbonyl (C=O) groups is 1. The fourth-order valence-electron chi connectivity index (χ4n) is 7.16. The number of likely N-dealkylation sites (N-methyl/N-ethyl adjacent to an activating group) is 1. The molecule has 2 fully saturated rings. The predicted octanol–water partition coefficient (Wildman–Crippen LogP) is 3.07. The number of hydrogen-bond donors (Lipinski definition) is 2. The van der Waals surface area contributed by atoms with E-state index in [2.05, 4.69) is 30.0 Å². The molecule has 2 aromatic rings. The summed E-state index contributed by atoms with van der Waals surface area (Å²) in [5.74, 6) is 2.24. The Morgan fingerprint density at radius 2 is 2.03 bits per heavy atom. The number of piperazine rings is 1. The summed E-state index contributed by atoms with van der Waals surface area (Å²) in [5, 5.41) is 17.8. The number of nitrogens with one attached hydrogen (secondary N) is 1. The number of rotatable bonds is 1. The summed E-state index contributed by atoms with van der Waals surface area (Å²) >= 11 is 0. The van der Waals surface area contributed by atoms with E-state index in [-0.39, 0.29) is 11.3 Å². The topological polar surface area (TPSA) is 72.5 Å². The Labute approximate surface area is 183 Å². The second kappa shape index (κ2) is 6.83. The van der Waals surface area contributed by atoms with Crippen molar-refractivity contribution >= 4 is 5.91 Å². The number of benzene rings is 1. The SMILES string of the molecule is CN1CCN(C(=O)c2[nH]nc3c2CC2C4CCc5cc(O)ccc5C4CCC32C)CC1. The number of fused-ring (bicyclic) bond motifs is 7. The first-order chi connectivity index (χ1) is 15.0. The van der Waals surface area contributed by atoms with Crippen LogP contribution in [0.15, 0.2) is 18.2 Å². The number of phenolic OH excluding ortho intramolecular Hbond substituents is 1. The van der Waals surface area contributed by atoms with Crippen molar-refractivity contribution in [2.75, 3.05) is 33.2 Å². The first kappa shape index (κ1) is 19.4. The average Bonchev–Trinajstić information content (AvgIpc) is 3.31. The fraction of sp³-hybridized carbons (Fsp3) is 0.600. The van der Waals surface area contributed by atoms with Crippen LogP contribution in [0.3, 0.4) is 0 Å². The highest BCUT2D eigenvalue weighted by atomic mass is 16.3. The lowest BCUT2D eigenvalue weighted by atomic mass is 9.55. The van der Waals surface area contributed by atoms with Crippen LogP contribution in [0.25, 0.3) is 0 Å². The standard InChI is InChI=1S/C25H32N4O2/c1-25-8-7-18-17-6-4-16(30)13-15(17)3-5-19(18)21(25)14-20-22(26-27-23(20)25)24(31)29-11-9-28(2)10-12-29/h4,6,13,18-19,21,30H,3,5,7-12,14H2,1-2H3,(H,26,27). The molecule has 1 aromatic carbocycles. The first-order valence-electron chi connectivity index (χ1n) is 11.8. The van der Waals surface area contributed by atoms with E-state index >= 15 is 0 Å². The van der Waals surface area contributed by atoms with E-state index in [1.165, 1.54) is 16.7 Å². The molecule has 1 amide bonds. The Kier molecular flexibility index (Phi) is 4.26. The zero-order valence-corrected chi connectivity index (χ0v) is 18.5. The zero-order chi connectivity index (χ0) is 21.3. The smallest absolute Gasteiger partial charge is 0.272 e. The van der Waals surface area contributed by atoms with Crippen molar-refractivity contribution in [3.05, 3.63) is 46.3 Å². The van der Waals surface area contributed by atoms with Crippen LogP contribution >= 0.6 is 0 Å². The molecule has 0 radical (unpaired) electrons. The number of amides is 1. The van der Waals surface area contributed by atoms with E-state index in [0.717, 1.165) is 69.7 Å². The number of aryl methyl sites for hydroxylation is 1. The van der Waals surface area contributed by atoms with Gasteiger partial charge in [0.15, 0.2) is 0 Å². The molecular formula is C25H32N4O2. The minimum atomic E-state index is 0.0576. The maximum Gasteiger partial charge on any atom is 0.272 e. The minimum Gasteiger partial charge on any atom is -0.508 e. The summed E-state index contributed by atoms with van der Waals surface area (Å²) < 4.78 is 0. The van der Waals surface area contributed by atoms with Gasteiger partial charge in [-0.05, 0) is 80.2 Å². The number of aromatic hydroxyl groups is 1. The Balaban J connectivity index is 1.30. The van der Waals surface area contributed by atoms with Crippen molar-refractivity contribution in [2.24, 2.45) is 11.8 Å². The Hall–Kier alpha value is -2.34. The van der Waals surface area contributed by atoms with E-state index in [0.29, 0.717) is 23.5 Å². The lowest BCUT2D eigenvalue weighted by Gasteiger charge is -2.49. The molecule has 4 atom stereocenters. The molecule has 6 nitrogen and oxygen atoms in total. The average molecular weight is 421 g/mol. The summed E-state index contributed by atoms with van der Waals surface area (Å²) in [6.45, 7) is 5.83. The summed E-state index contributed by atoms with van der Waals surface area (Å²) in [5.41, 5.74) is 5.91. The second-order valence-corrected chi connectivity index (χ2v) is 10.5. The van der Waals surface area contributed by atoms with Gasteiger partial charge in [-0.2, -0.15) is 5.10 Å². The molecule has 4 unspecified atom stereocenters. The molecule has 6 heteroatoms. The van der Waals surface area contributed by atoms with E-state index in [1.807, 2.05) is 17.0 Å². The summed E-state index contributed by atoms with van der Waals surface area (Å²) in [7, 11) is 2.11. The summed E-state index contributed by atoms with van der Waals surface area (Å²) in [6.07, 6.45) is 5.43. The van der Waals surface area contributed by atoms with Gasteiger partial charge >= 0.3 is 0 Å². The van der Waals surface area contributed by atoms with Crippen LogP contribution in [0.4, 0.5) is 0 Å². The van der Waals surface area contributed by atoms with E-state index in [1.54, 1.807) is 0 Å². The maximum atomic E-state index is 13.3. The summed E-state index contributed by atoms with van der Waals surface area (Å²) in [4.78, 5) is 17.6. The van der Waals surface area contributed by atoms with Crippen molar-refractivity contribution in [3.63, 3.8) is 0 Å². The van der Waals surface area contributed by atoms with Gasteiger partial charge in [0.05, 0.1) is 5.69 Å². The van der Waals surface area contributed by atoms with E-state index in [4.69, 9.17) is 5.10 Å². The van der Waals surface area contributed by atoms with Gasteiger partial charge in [0.2, 0.25) is 0 Å². The number of carbonyl (C=O) groups excluding carboxylic acids is 1. The third-order valence-electron chi connectivity index (χ3n) is 8.94. The molecule has 2 heterocycles. The molecule has 1 saturated carbocycles. The Morgan fingerprint density at radius 3 is 2.84 bits per heavy atom. The van der Waals surface area contributed by atoms with Gasteiger partial charge in [-0.25, -0.2) is 0 Å². The number of phenols is 1. The van der Waals surface area contributed by atoms with Crippen LogP contribution in [0.1, 0.15) is 65.0 Å². The number of aromatic nitrogens is 2. The summed E-state index contributed by atoms with van der Waals surface area (Å²) in [6, 6.07) is 5.97. The second-order valence-electron chi connectivity index (χ2n) is 10.5. The quantitative estimate of drug-likeness (QED) is 0.744. The van der Waals surface area contributed by atoms with Gasteiger partial charge in [-0.15, -0.1) is 0 Å². The molecule has 1 saturated heterocycles. The van der Waals surface area contributed by atoms with E-state index < -0.39 is 0 Å². The molecule has 0 bridgehead atoms. The maximum absolute atomic E-state index is 13.3. The first-order valence-corrected chi connectivity index (χ1v) is 11.8. The van der Waals surface area contributed by atoms with Crippen LogP contribution in [0.2, 0.25) is 0 Å². The number of aromatic amines is 1. The van der Waals surface area contributed by atoms with Crippen molar-refractivity contribution in [1.29, 1.82) is 0 Å². The molecule has 2 N–H and O–H groups in total. The molecule has 6 rings (SSSR count). The molecule has 3 aliphatic carbocycles. The number of H-pyrrole nitrogens is 1. The molecule has 1 aromatic heterocycles. The van der Waals surface area contributed by atoms with Crippen LogP contribution in [-0.4, -0.2) is 64.2 Å². The number of hydrogen-bond acceptors (Lipinski definition) is 4. The molecule has 164 valence electrons. The van der Waals surface area contributed by atoms with Gasteiger partial charge < -0.3 is 14.9 Å². The minimum absolute atomic E-state index is 0.0576. The Morgan fingerprint density at radius 1 is 1.23 bits per heavy atom. The monoisotopic (exact) mass is 420 g/mol. The largest absolute Gasteiger partial charge is 0.508 e. The van der Waals surface area contributed by atoms with E-state index in [9.17, 15) is 9.90 Å². The lowest BCUT2D eigenvalue weighted by Crippen LogP contribution is -2.47. The molecule has 0 spiro atoms. The third-order valence-corrected chi connectivity index (χ3v) is 8.94. The van der Waals surface area contributed by atoms with Crippen molar-refractivity contribution < 1.29 is 9.90 Å². The highest BCUT2D eigenvalue weighted by Crippen LogP contribution is 2.60. The third kappa shape index (κ3) is 2.80. The lowest BCUT2D eigenvalue weighted by molar-refractivity contribution is 0.0655. The highest BCUT2D eigenvalue weighted by Gasteiger charge is 2.55. The van der Waals surface area contributed by atoms with Crippen molar-refractivity contribution in [2.45, 2.75) is 50.4 Å². The molecular weight excluding hydrogens is 388 g/mol. The molecule has 4 aliphatic rings. The van der Waals surface area contributed by atoms with Crippen LogP contribution in [0, 0.1) is 11.8 Å². The van der Waals surface area contributed by atoms with Crippen LogP contribution < -0.4 is 0 Å². The van der Waals surface area contributed by atoms with Crippen LogP contribution in [0.5, 0.6) is 5.75 Å². The molecule has 31 heavy (non-hydrogen) atoms. The zero-order valence-electron chi connectivity index (χ0n) is 18.5. The van der Waals surface area contributed by atoms with Gasteiger partial charge in [-0.3, -0.25) is 9.89 Å². The molecule has 1 aliphatic heterocycles. The predicted molar refractivity (Wildman–Crippen MR) is 118 cm³/mol. The highest BCUT2D eigenvalue weighted by molar-refractivity contribution is 5.94. The van der Waals surface area contributed by atoms with Gasteiger partial charge in [-0.1, -0.05) is 13.0 Å². The normalized spacial score (nSPS) is 32.2. The van der Waals surface area contributed by atoms with Gasteiger partial charge in [0, 0.05) is 37.2 Å². The van der Waals surface area contributed by atoms with Crippen molar-refractivity contribution in [3.8, 4) is 5.75 Å². The Bertz CT molecular complexity index is 1040. The number of nitrogens with zero attached hydrogens (tertiary/aromatic N) is 3.